The fraction of sp³-hybridized carbons (Fsp3) is 0.478. The van der Waals surface area contributed by atoms with Crippen LogP contribution in [0.5, 0.6) is 5.75 Å². The van der Waals surface area contributed by atoms with E-state index in [0.717, 1.165) is 36.0 Å². The second kappa shape index (κ2) is 6.73. The van der Waals surface area contributed by atoms with Crippen LogP contribution in [0.1, 0.15) is 56.2 Å². The van der Waals surface area contributed by atoms with Gasteiger partial charge in [-0.25, -0.2) is 0 Å². The van der Waals surface area contributed by atoms with Crippen molar-refractivity contribution >= 4 is 27.5 Å². The first kappa shape index (κ1) is 20.2. The van der Waals surface area contributed by atoms with Crippen LogP contribution in [0.3, 0.4) is 0 Å². The van der Waals surface area contributed by atoms with Gasteiger partial charge in [-0.05, 0) is 83.6 Å². The average molecular weight is 466 g/mol. The summed E-state index contributed by atoms with van der Waals surface area (Å²) < 4.78 is 0.657. The molecule has 0 unspecified atom stereocenters. The van der Waals surface area contributed by atoms with Crippen molar-refractivity contribution in [3.05, 3.63) is 62.6 Å². The maximum absolute atomic E-state index is 11.7. The zero-order chi connectivity index (χ0) is 20.3. The number of hydrogen-bond donors (Lipinski definition) is 3. The molecular formula is C23H26BrClO3. The summed E-state index contributed by atoms with van der Waals surface area (Å²) in [5, 5.41) is 33.9. The fourth-order valence-electron chi connectivity index (χ4n) is 5.77. The summed E-state index contributed by atoms with van der Waals surface area (Å²) in [6, 6.07) is 11.4. The number of phenols is 1. The molecule has 0 radical (unpaired) electrons. The lowest BCUT2D eigenvalue weighted by Gasteiger charge is -2.59. The van der Waals surface area contributed by atoms with Crippen molar-refractivity contribution in [2.24, 2.45) is 5.92 Å². The number of halogens is 2. The molecule has 150 valence electrons. The molecule has 4 atom stereocenters. The summed E-state index contributed by atoms with van der Waals surface area (Å²) in [7, 11) is 0. The molecule has 3 N–H and O–H groups in total. The van der Waals surface area contributed by atoms with E-state index in [1.165, 1.54) is 0 Å². The Labute approximate surface area is 179 Å². The summed E-state index contributed by atoms with van der Waals surface area (Å²) in [4.78, 5) is 0. The van der Waals surface area contributed by atoms with Crippen LogP contribution in [0.4, 0.5) is 0 Å². The van der Waals surface area contributed by atoms with Crippen LogP contribution >= 0.6 is 27.5 Å². The highest BCUT2D eigenvalue weighted by atomic mass is 79.9. The smallest absolute Gasteiger partial charge is 0.148 e. The van der Waals surface area contributed by atoms with Crippen molar-refractivity contribution in [1.29, 1.82) is 0 Å². The van der Waals surface area contributed by atoms with Crippen molar-refractivity contribution in [3.8, 4) is 5.75 Å². The van der Waals surface area contributed by atoms with Crippen LogP contribution in [0.2, 0.25) is 5.02 Å². The molecule has 2 aliphatic rings. The van der Waals surface area contributed by atoms with Crippen LogP contribution in [0.15, 0.2) is 40.9 Å². The molecule has 2 aliphatic carbocycles. The SMILES string of the molecule is CC[C@@]12C[C@@](C)(O)[C@](O)(c3ccccc3)C[C@H]1CCc1c2cc(Cl)c(O)c1Br. The molecule has 2 aromatic rings. The molecule has 0 spiro atoms. The molecule has 0 saturated heterocycles. The van der Waals surface area contributed by atoms with Gasteiger partial charge in [0, 0.05) is 5.41 Å². The highest BCUT2D eigenvalue weighted by Gasteiger charge is 2.61. The van der Waals surface area contributed by atoms with Crippen LogP contribution in [-0.4, -0.2) is 20.9 Å². The number of phenolic OH excluding ortho intramolecular Hbond substituents is 1. The van der Waals surface area contributed by atoms with E-state index >= 15 is 0 Å². The largest absolute Gasteiger partial charge is 0.505 e. The number of benzene rings is 2. The van der Waals surface area contributed by atoms with Gasteiger partial charge < -0.3 is 15.3 Å². The standard InChI is InChI=1S/C23H26BrClO3/c1-3-22-13-21(2,27)23(28,14-7-5-4-6-8-14)12-15(22)9-10-16-17(22)11-18(25)20(26)19(16)24/h4-8,11,15,26-28H,3,9-10,12-13H2,1-2H3/t15-,21-,22-,23-/m1/s1. The average Bonchev–Trinajstić information content (AvgIpc) is 2.68. The van der Waals surface area contributed by atoms with Crippen molar-refractivity contribution in [2.75, 3.05) is 0 Å². The minimum Gasteiger partial charge on any atom is -0.505 e. The predicted octanol–water partition coefficient (Wildman–Crippen LogP) is 5.45. The summed E-state index contributed by atoms with van der Waals surface area (Å²) in [5.41, 5.74) is 0.0369. The van der Waals surface area contributed by atoms with Gasteiger partial charge in [0.25, 0.3) is 0 Å². The second-order valence-corrected chi connectivity index (χ2v) is 9.87. The van der Waals surface area contributed by atoms with E-state index in [9.17, 15) is 15.3 Å². The molecule has 5 heteroatoms. The zero-order valence-corrected chi connectivity index (χ0v) is 18.5. The van der Waals surface area contributed by atoms with Gasteiger partial charge in [0.05, 0.1) is 15.1 Å². The van der Waals surface area contributed by atoms with Gasteiger partial charge in [0.2, 0.25) is 0 Å². The molecule has 0 amide bonds. The van der Waals surface area contributed by atoms with E-state index < -0.39 is 11.2 Å². The Bertz CT molecular complexity index is 914. The van der Waals surface area contributed by atoms with Crippen LogP contribution < -0.4 is 0 Å². The molecule has 1 saturated carbocycles. The van der Waals surface area contributed by atoms with E-state index in [0.29, 0.717) is 22.3 Å². The Morgan fingerprint density at radius 3 is 2.54 bits per heavy atom. The van der Waals surface area contributed by atoms with Gasteiger partial charge >= 0.3 is 0 Å². The fourth-order valence-corrected chi connectivity index (χ4v) is 6.72. The molecule has 1 fully saturated rings. The first-order valence-corrected chi connectivity index (χ1v) is 11.0. The van der Waals surface area contributed by atoms with Crippen LogP contribution in [0, 0.1) is 5.92 Å². The number of rotatable bonds is 2. The van der Waals surface area contributed by atoms with Crippen molar-refractivity contribution in [1.82, 2.24) is 0 Å². The highest BCUT2D eigenvalue weighted by Crippen LogP contribution is 2.61. The minimum atomic E-state index is -1.30. The van der Waals surface area contributed by atoms with Crippen LogP contribution in [-0.2, 0) is 17.4 Å². The number of aromatic hydroxyl groups is 1. The third-order valence-electron chi connectivity index (χ3n) is 7.33. The van der Waals surface area contributed by atoms with Crippen molar-refractivity contribution in [3.63, 3.8) is 0 Å². The number of hydrogen-bond acceptors (Lipinski definition) is 3. The third kappa shape index (κ3) is 2.68. The molecular weight excluding hydrogens is 440 g/mol. The van der Waals surface area contributed by atoms with Gasteiger partial charge in [0.1, 0.15) is 11.4 Å². The maximum Gasteiger partial charge on any atom is 0.148 e. The number of fused-ring (bicyclic) bond motifs is 3. The van der Waals surface area contributed by atoms with E-state index in [-0.39, 0.29) is 17.1 Å². The van der Waals surface area contributed by atoms with Crippen LogP contribution in [0.25, 0.3) is 0 Å². The van der Waals surface area contributed by atoms with E-state index in [1.54, 1.807) is 6.92 Å². The molecule has 3 nitrogen and oxygen atoms in total. The lowest BCUT2D eigenvalue weighted by molar-refractivity contribution is -0.205. The van der Waals surface area contributed by atoms with Gasteiger partial charge in [0.15, 0.2) is 0 Å². The zero-order valence-electron chi connectivity index (χ0n) is 16.2. The Hall–Kier alpha value is -1.07. The Morgan fingerprint density at radius 1 is 1.21 bits per heavy atom. The Balaban J connectivity index is 1.88. The minimum absolute atomic E-state index is 0.0773. The Morgan fingerprint density at radius 2 is 1.89 bits per heavy atom. The summed E-state index contributed by atoms with van der Waals surface area (Å²) in [6.07, 6.45) is 3.46. The highest BCUT2D eigenvalue weighted by molar-refractivity contribution is 9.10. The molecule has 0 aromatic heterocycles. The van der Waals surface area contributed by atoms with Gasteiger partial charge in [-0.3, -0.25) is 0 Å². The molecule has 4 rings (SSSR count). The van der Waals surface area contributed by atoms with Gasteiger partial charge in [-0.15, -0.1) is 0 Å². The summed E-state index contributed by atoms with van der Waals surface area (Å²) in [5.74, 6) is 0.288. The van der Waals surface area contributed by atoms with E-state index in [4.69, 9.17) is 11.6 Å². The van der Waals surface area contributed by atoms with Crippen molar-refractivity contribution in [2.45, 2.75) is 62.6 Å². The quantitative estimate of drug-likeness (QED) is 0.552. The maximum atomic E-state index is 11.7. The third-order valence-corrected chi connectivity index (χ3v) is 8.47. The molecule has 28 heavy (non-hydrogen) atoms. The predicted molar refractivity (Wildman–Crippen MR) is 115 cm³/mol. The lowest BCUT2D eigenvalue weighted by Crippen LogP contribution is -2.62. The molecule has 2 aromatic carbocycles. The topological polar surface area (TPSA) is 60.7 Å². The first-order chi connectivity index (χ1) is 13.2. The molecule has 0 bridgehead atoms. The van der Waals surface area contributed by atoms with E-state index in [1.807, 2.05) is 36.4 Å². The lowest BCUT2D eigenvalue weighted by atomic mass is 9.49. The van der Waals surface area contributed by atoms with Crippen molar-refractivity contribution < 1.29 is 15.3 Å². The first-order valence-electron chi connectivity index (χ1n) is 9.87. The molecule has 0 aliphatic heterocycles. The number of aliphatic hydroxyl groups is 2. The van der Waals surface area contributed by atoms with E-state index in [2.05, 4.69) is 22.9 Å². The second-order valence-electron chi connectivity index (χ2n) is 8.67. The Kier molecular flexibility index (Phi) is 4.86. The van der Waals surface area contributed by atoms with Gasteiger partial charge in [-0.1, -0.05) is 48.9 Å². The van der Waals surface area contributed by atoms with Gasteiger partial charge in [-0.2, -0.15) is 0 Å². The molecule has 0 heterocycles. The summed E-state index contributed by atoms with van der Waals surface area (Å²) in [6.45, 7) is 3.89. The normalized spacial score (nSPS) is 34.6. The summed E-state index contributed by atoms with van der Waals surface area (Å²) >= 11 is 9.86. The monoisotopic (exact) mass is 464 g/mol.